The fourth-order valence-electron chi connectivity index (χ4n) is 7.59. The number of furan rings is 2. The maximum atomic E-state index is 6.36. The van der Waals surface area contributed by atoms with Crippen molar-refractivity contribution in [2.75, 3.05) is 10.6 Å². The van der Waals surface area contributed by atoms with Crippen LogP contribution < -0.4 is 10.6 Å². The molecule has 0 spiro atoms. The molecule has 4 aromatic heterocycles. The predicted octanol–water partition coefficient (Wildman–Crippen LogP) is 9.85. The molecule has 2 N–H and O–H groups in total. The van der Waals surface area contributed by atoms with Gasteiger partial charge in [-0.25, -0.2) is 0 Å². The highest BCUT2D eigenvalue weighted by molar-refractivity contribution is 6.24. The number of hydrogen-bond donors (Lipinski definition) is 2. The Kier molecular flexibility index (Phi) is 3.88. The topological polar surface area (TPSA) is 54.8 Å². The Labute approximate surface area is 244 Å². The molecule has 202 valence electrons. The molecular formula is C38H23N3O2. The predicted molar refractivity (Wildman–Crippen MR) is 177 cm³/mol. The second kappa shape index (κ2) is 7.58. The molecule has 0 saturated carbocycles. The molecule has 0 saturated heterocycles. The smallest absolute Gasteiger partial charge is 0.137 e. The Morgan fingerprint density at radius 1 is 0.512 bits per heavy atom. The van der Waals surface area contributed by atoms with Crippen molar-refractivity contribution in [2.45, 2.75) is 12.1 Å². The normalized spacial score (nSPS) is 18.0. The number of nitrogens with one attached hydrogen (secondary N) is 2. The summed E-state index contributed by atoms with van der Waals surface area (Å²) in [4.78, 5) is 0. The molecule has 5 heteroatoms. The van der Waals surface area contributed by atoms with Crippen molar-refractivity contribution in [1.82, 2.24) is 4.40 Å². The van der Waals surface area contributed by atoms with Crippen LogP contribution in [0.25, 0.3) is 82.2 Å². The molecule has 2 aliphatic rings. The molecule has 11 rings (SSSR count). The van der Waals surface area contributed by atoms with Gasteiger partial charge in [-0.1, -0.05) is 66.8 Å². The van der Waals surface area contributed by atoms with E-state index in [0.717, 1.165) is 60.9 Å². The first-order chi connectivity index (χ1) is 21.3. The summed E-state index contributed by atoms with van der Waals surface area (Å²) in [6.45, 7) is 0. The van der Waals surface area contributed by atoms with Crippen LogP contribution in [0.3, 0.4) is 0 Å². The molecule has 0 amide bonds. The SMILES string of the molecule is C1=CC2Nc3c(n4c5cc6oc7ccccc7c6cc5c5cc(-c6ccc7oc8ccccc8c7c6)cc3c54)NC2C=C1. The van der Waals surface area contributed by atoms with E-state index in [4.69, 9.17) is 8.83 Å². The van der Waals surface area contributed by atoms with Gasteiger partial charge >= 0.3 is 0 Å². The van der Waals surface area contributed by atoms with E-state index in [1.807, 2.05) is 24.3 Å². The van der Waals surface area contributed by atoms with E-state index in [1.165, 1.54) is 32.8 Å². The van der Waals surface area contributed by atoms with Crippen LogP contribution in [0, 0.1) is 0 Å². The highest BCUT2D eigenvalue weighted by atomic mass is 16.3. The lowest BCUT2D eigenvalue weighted by molar-refractivity contribution is 0.668. The van der Waals surface area contributed by atoms with Crippen molar-refractivity contribution in [1.29, 1.82) is 0 Å². The minimum atomic E-state index is 0.178. The molecule has 5 heterocycles. The lowest BCUT2D eigenvalue weighted by Crippen LogP contribution is -2.41. The average molecular weight is 554 g/mol. The molecule has 2 unspecified atom stereocenters. The number of fused-ring (bicyclic) bond motifs is 13. The molecule has 0 radical (unpaired) electrons. The van der Waals surface area contributed by atoms with Crippen molar-refractivity contribution in [3.05, 3.63) is 115 Å². The first-order valence-electron chi connectivity index (χ1n) is 14.8. The zero-order chi connectivity index (χ0) is 27.8. The summed E-state index contributed by atoms with van der Waals surface area (Å²) >= 11 is 0. The monoisotopic (exact) mass is 553 g/mol. The van der Waals surface area contributed by atoms with Gasteiger partial charge in [0, 0.05) is 43.8 Å². The summed E-state index contributed by atoms with van der Waals surface area (Å²) < 4.78 is 14.9. The molecular weight excluding hydrogens is 530 g/mol. The first-order valence-corrected chi connectivity index (χ1v) is 14.8. The number of allylic oxidation sites excluding steroid dienone is 2. The quantitative estimate of drug-likeness (QED) is 0.212. The van der Waals surface area contributed by atoms with Crippen LogP contribution in [0.4, 0.5) is 11.5 Å². The Bertz CT molecular complexity index is 2700. The zero-order valence-electron chi connectivity index (χ0n) is 22.9. The third-order valence-electron chi connectivity index (χ3n) is 9.55. The van der Waals surface area contributed by atoms with Crippen molar-refractivity contribution in [3.63, 3.8) is 0 Å². The molecule has 5 aromatic carbocycles. The van der Waals surface area contributed by atoms with Crippen LogP contribution in [-0.4, -0.2) is 16.5 Å². The number of nitrogens with zero attached hydrogens (tertiary/aromatic N) is 1. The van der Waals surface area contributed by atoms with Crippen LogP contribution in [-0.2, 0) is 0 Å². The fourth-order valence-corrected chi connectivity index (χ4v) is 7.59. The van der Waals surface area contributed by atoms with Gasteiger partial charge in [0.25, 0.3) is 0 Å². The number of rotatable bonds is 1. The van der Waals surface area contributed by atoms with Gasteiger partial charge in [0.1, 0.15) is 28.1 Å². The number of hydrogen-bond acceptors (Lipinski definition) is 4. The van der Waals surface area contributed by atoms with Gasteiger partial charge < -0.3 is 19.5 Å². The zero-order valence-corrected chi connectivity index (χ0v) is 22.9. The largest absolute Gasteiger partial charge is 0.456 e. The Morgan fingerprint density at radius 3 is 1.98 bits per heavy atom. The van der Waals surface area contributed by atoms with Gasteiger partial charge in [0.05, 0.1) is 28.8 Å². The van der Waals surface area contributed by atoms with E-state index >= 15 is 0 Å². The summed E-state index contributed by atoms with van der Waals surface area (Å²) in [5.41, 5.74) is 9.51. The van der Waals surface area contributed by atoms with Gasteiger partial charge in [-0.2, -0.15) is 0 Å². The van der Waals surface area contributed by atoms with E-state index in [9.17, 15) is 0 Å². The molecule has 0 bridgehead atoms. The van der Waals surface area contributed by atoms with E-state index in [2.05, 4.69) is 106 Å². The van der Waals surface area contributed by atoms with Gasteiger partial charge in [0.15, 0.2) is 0 Å². The minimum absolute atomic E-state index is 0.178. The molecule has 1 aliphatic heterocycles. The molecule has 5 nitrogen and oxygen atoms in total. The van der Waals surface area contributed by atoms with Crippen LogP contribution in [0.2, 0.25) is 0 Å². The van der Waals surface area contributed by atoms with E-state index in [1.54, 1.807) is 0 Å². The summed E-state index contributed by atoms with van der Waals surface area (Å²) in [5.74, 6) is 1.10. The maximum absolute atomic E-state index is 6.36. The third-order valence-corrected chi connectivity index (χ3v) is 9.55. The van der Waals surface area contributed by atoms with Crippen molar-refractivity contribution in [2.24, 2.45) is 0 Å². The second-order valence-electron chi connectivity index (χ2n) is 11.9. The van der Waals surface area contributed by atoms with Crippen LogP contribution in [0.1, 0.15) is 0 Å². The summed E-state index contributed by atoms with van der Waals surface area (Å²) in [6, 6.07) is 32.8. The van der Waals surface area contributed by atoms with Crippen molar-refractivity contribution < 1.29 is 8.83 Å². The number of para-hydroxylation sites is 2. The summed E-state index contributed by atoms with van der Waals surface area (Å²) in [6.07, 6.45) is 8.73. The fraction of sp³-hybridized carbons (Fsp3) is 0.0526. The Hall–Kier alpha value is -5.68. The standard InChI is InChI=1S/C38H23N3O2/c1-5-11-32-22(7-1)25-15-20(13-14-34(25)42-32)21-16-27-24-18-26-23-8-2-6-12-33(23)43-35(26)19-31(24)41-37(27)28(17-21)36-38(41)40-30-10-4-3-9-29(30)39-36/h1-19,29-30,39-40H. The van der Waals surface area contributed by atoms with Crippen molar-refractivity contribution in [3.8, 4) is 11.1 Å². The lowest BCUT2D eigenvalue weighted by atomic mass is 9.96. The molecule has 43 heavy (non-hydrogen) atoms. The van der Waals surface area contributed by atoms with Gasteiger partial charge in [0.2, 0.25) is 0 Å². The molecule has 2 atom stereocenters. The average Bonchev–Trinajstić information content (AvgIpc) is 3.78. The molecule has 0 fully saturated rings. The van der Waals surface area contributed by atoms with Gasteiger partial charge in [-0.05, 0) is 53.6 Å². The highest BCUT2D eigenvalue weighted by Gasteiger charge is 2.32. The van der Waals surface area contributed by atoms with Crippen molar-refractivity contribution >= 4 is 82.6 Å². The highest BCUT2D eigenvalue weighted by Crippen LogP contribution is 2.48. The summed E-state index contributed by atoms with van der Waals surface area (Å²) in [7, 11) is 0. The molecule has 1 aliphatic carbocycles. The number of aromatic nitrogens is 1. The van der Waals surface area contributed by atoms with E-state index in [-0.39, 0.29) is 12.1 Å². The van der Waals surface area contributed by atoms with Crippen LogP contribution >= 0.6 is 0 Å². The van der Waals surface area contributed by atoms with E-state index < -0.39 is 0 Å². The number of anilines is 2. The third kappa shape index (κ3) is 2.77. The maximum Gasteiger partial charge on any atom is 0.137 e. The molecule has 9 aromatic rings. The van der Waals surface area contributed by atoms with Crippen LogP contribution in [0.15, 0.2) is 124 Å². The minimum Gasteiger partial charge on any atom is -0.456 e. The second-order valence-corrected chi connectivity index (χ2v) is 11.9. The lowest BCUT2D eigenvalue weighted by Gasteiger charge is -2.33. The first kappa shape index (κ1) is 22.0. The Balaban J connectivity index is 1.26. The van der Waals surface area contributed by atoms with Gasteiger partial charge in [-0.15, -0.1) is 0 Å². The van der Waals surface area contributed by atoms with Crippen LogP contribution in [0.5, 0.6) is 0 Å². The number of benzene rings is 5. The Morgan fingerprint density at radius 2 is 1.16 bits per heavy atom. The van der Waals surface area contributed by atoms with Gasteiger partial charge in [-0.3, -0.25) is 4.40 Å². The van der Waals surface area contributed by atoms with E-state index in [0.29, 0.717) is 0 Å². The summed E-state index contributed by atoms with van der Waals surface area (Å²) in [5, 5.41) is 16.0.